The Bertz CT molecular complexity index is 323. The Labute approximate surface area is 82.9 Å². The highest BCUT2D eigenvalue weighted by molar-refractivity contribution is 5.42. The van der Waals surface area contributed by atoms with Crippen LogP contribution < -0.4 is 5.73 Å². The molecule has 0 amide bonds. The Morgan fingerprint density at radius 3 is 2.86 bits per heavy atom. The van der Waals surface area contributed by atoms with Crippen LogP contribution in [0.1, 0.15) is 24.8 Å². The van der Waals surface area contributed by atoms with Crippen LogP contribution in [0.3, 0.4) is 0 Å². The third kappa shape index (κ3) is 1.87. The molecule has 1 aromatic carbocycles. The van der Waals surface area contributed by atoms with Crippen molar-refractivity contribution in [2.24, 2.45) is 0 Å². The van der Waals surface area contributed by atoms with E-state index in [4.69, 9.17) is 10.5 Å². The van der Waals surface area contributed by atoms with Gasteiger partial charge in [0.2, 0.25) is 0 Å². The summed E-state index contributed by atoms with van der Waals surface area (Å²) in [6.45, 7) is 0.335. The molecule has 1 aliphatic carbocycles. The van der Waals surface area contributed by atoms with E-state index in [1.807, 2.05) is 0 Å². The van der Waals surface area contributed by atoms with E-state index in [2.05, 4.69) is 0 Å². The van der Waals surface area contributed by atoms with Crippen LogP contribution in [0, 0.1) is 5.82 Å². The molecule has 1 saturated carbocycles. The molecule has 0 bridgehead atoms. The van der Waals surface area contributed by atoms with Gasteiger partial charge in [0, 0.05) is 5.56 Å². The molecule has 0 unspecified atom stereocenters. The number of hydrogen-bond donors (Lipinski definition) is 1. The summed E-state index contributed by atoms with van der Waals surface area (Å²) in [4.78, 5) is 0. The first-order valence-electron chi connectivity index (χ1n) is 4.92. The zero-order valence-corrected chi connectivity index (χ0v) is 8.00. The molecule has 0 heterocycles. The minimum absolute atomic E-state index is 0.194. The molecular weight excluding hydrogens is 181 g/mol. The summed E-state index contributed by atoms with van der Waals surface area (Å²) in [5.41, 5.74) is 6.19. The Morgan fingerprint density at radius 2 is 2.21 bits per heavy atom. The first-order chi connectivity index (χ1) is 6.77. The van der Waals surface area contributed by atoms with Gasteiger partial charge >= 0.3 is 0 Å². The monoisotopic (exact) mass is 195 g/mol. The van der Waals surface area contributed by atoms with Crippen LogP contribution in [0.5, 0.6) is 0 Å². The molecule has 1 aliphatic rings. The number of nitrogen functional groups attached to an aromatic ring is 1. The van der Waals surface area contributed by atoms with Crippen LogP contribution in [0.4, 0.5) is 10.1 Å². The molecule has 0 radical (unpaired) electrons. The average molecular weight is 195 g/mol. The number of ether oxygens (including phenoxy) is 1. The van der Waals surface area contributed by atoms with Gasteiger partial charge in [0.1, 0.15) is 0 Å². The van der Waals surface area contributed by atoms with Crippen molar-refractivity contribution >= 4 is 5.69 Å². The van der Waals surface area contributed by atoms with Crippen LogP contribution in [-0.4, -0.2) is 6.10 Å². The van der Waals surface area contributed by atoms with E-state index in [9.17, 15) is 4.39 Å². The lowest BCUT2D eigenvalue weighted by atomic mass is 9.96. The van der Waals surface area contributed by atoms with Crippen molar-refractivity contribution in [3.8, 4) is 0 Å². The van der Waals surface area contributed by atoms with Gasteiger partial charge in [0.15, 0.2) is 5.82 Å². The van der Waals surface area contributed by atoms with E-state index < -0.39 is 0 Å². The number of benzene rings is 1. The lowest BCUT2D eigenvalue weighted by molar-refractivity contribution is -0.00971. The van der Waals surface area contributed by atoms with Gasteiger partial charge in [0.25, 0.3) is 0 Å². The van der Waals surface area contributed by atoms with Crippen molar-refractivity contribution in [3.05, 3.63) is 29.6 Å². The number of hydrogen-bond acceptors (Lipinski definition) is 2. The van der Waals surface area contributed by atoms with Crippen LogP contribution in [0.25, 0.3) is 0 Å². The summed E-state index contributed by atoms with van der Waals surface area (Å²) in [5, 5.41) is 0. The van der Waals surface area contributed by atoms with E-state index >= 15 is 0 Å². The molecule has 0 saturated heterocycles. The zero-order chi connectivity index (χ0) is 9.97. The standard InChI is InChI=1S/C11H14FNO/c12-11-8(3-1-6-10(11)13)7-14-9-4-2-5-9/h1,3,6,9H,2,4-5,7,13H2. The van der Waals surface area contributed by atoms with E-state index in [0.717, 1.165) is 12.8 Å². The van der Waals surface area contributed by atoms with Gasteiger partial charge in [0.05, 0.1) is 18.4 Å². The number of nitrogens with two attached hydrogens (primary N) is 1. The van der Waals surface area contributed by atoms with E-state index in [0.29, 0.717) is 18.3 Å². The maximum Gasteiger partial charge on any atom is 0.151 e. The molecule has 0 aromatic heterocycles. The van der Waals surface area contributed by atoms with Crippen LogP contribution in [0.2, 0.25) is 0 Å². The Hall–Kier alpha value is -1.09. The molecule has 76 valence electrons. The fraction of sp³-hybridized carbons (Fsp3) is 0.455. The van der Waals surface area contributed by atoms with Gasteiger partial charge in [-0.1, -0.05) is 12.1 Å². The first-order valence-corrected chi connectivity index (χ1v) is 4.92. The number of rotatable bonds is 3. The highest BCUT2D eigenvalue weighted by Crippen LogP contribution is 2.24. The zero-order valence-electron chi connectivity index (χ0n) is 8.00. The van der Waals surface area contributed by atoms with Gasteiger partial charge in [-0.25, -0.2) is 4.39 Å². The highest BCUT2D eigenvalue weighted by atomic mass is 19.1. The second-order valence-electron chi connectivity index (χ2n) is 3.68. The smallest absolute Gasteiger partial charge is 0.151 e. The molecule has 2 N–H and O–H groups in total. The predicted molar refractivity (Wildman–Crippen MR) is 53.2 cm³/mol. The van der Waals surface area contributed by atoms with Crippen molar-refractivity contribution in [2.75, 3.05) is 5.73 Å². The quantitative estimate of drug-likeness (QED) is 0.752. The normalized spacial score (nSPS) is 16.6. The van der Waals surface area contributed by atoms with Crippen LogP contribution in [-0.2, 0) is 11.3 Å². The topological polar surface area (TPSA) is 35.2 Å². The third-order valence-electron chi connectivity index (χ3n) is 2.64. The van der Waals surface area contributed by atoms with Crippen LogP contribution in [0.15, 0.2) is 18.2 Å². The minimum Gasteiger partial charge on any atom is -0.396 e. The van der Waals surface area contributed by atoms with Crippen molar-refractivity contribution < 1.29 is 9.13 Å². The SMILES string of the molecule is Nc1cccc(COC2CCC2)c1F. The minimum atomic E-state index is -0.341. The van der Waals surface area contributed by atoms with E-state index in [1.165, 1.54) is 6.42 Å². The van der Waals surface area contributed by atoms with Crippen LogP contribution >= 0.6 is 0 Å². The molecule has 0 aliphatic heterocycles. The summed E-state index contributed by atoms with van der Waals surface area (Å²) in [7, 11) is 0. The Balaban J connectivity index is 1.97. The summed E-state index contributed by atoms with van der Waals surface area (Å²) in [6.07, 6.45) is 3.76. The molecule has 2 nitrogen and oxygen atoms in total. The predicted octanol–water partition coefficient (Wildman–Crippen LogP) is 2.48. The molecule has 2 rings (SSSR count). The summed E-state index contributed by atoms with van der Waals surface area (Å²) in [6, 6.07) is 5.02. The van der Waals surface area contributed by atoms with Gasteiger partial charge in [-0.05, 0) is 25.3 Å². The fourth-order valence-electron chi connectivity index (χ4n) is 1.46. The highest BCUT2D eigenvalue weighted by Gasteiger charge is 2.18. The summed E-state index contributed by atoms with van der Waals surface area (Å²) < 4.78 is 18.9. The van der Waals surface area contributed by atoms with Crippen molar-refractivity contribution in [2.45, 2.75) is 32.0 Å². The second-order valence-corrected chi connectivity index (χ2v) is 3.68. The molecular formula is C11H14FNO. The van der Waals surface area contributed by atoms with Gasteiger partial charge < -0.3 is 10.5 Å². The maximum absolute atomic E-state index is 13.4. The van der Waals surface area contributed by atoms with Gasteiger partial charge in [-0.3, -0.25) is 0 Å². The molecule has 1 fully saturated rings. The second kappa shape index (κ2) is 3.96. The lowest BCUT2D eigenvalue weighted by Gasteiger charge is -2.25. The fourth-order valence-corrected chi connectivity index (χ4v) is 1.46. The van der Waals surface area contributed by atoms with E-state index in [-0.39, 0.29) is 11.5 Å². The summed E-state index contributed by atoms with van der Waals surface area (Å²) >= 11 is 0. The maximum atomic E-state index is 13.4. The van der Waals surface area contributed by atoms with Crippen molar-refractivity contribution in [1.29, 1.82) is 0 Å². The van der Waals surface area contributed by atoms with Gasteiger partial charge in [-0.2, -0.15) is 0 Å². The largest absolute Gasteiger partial charge is 0.396 e. The average Bonchev–Trinajstić information content (AvgIpc) is 2.09. The molecule has 14 heavy (non-hydrogen) atoms. The lowest BCUT2D eigenvalue weighted by Crippen LogP contribution is -2.21. The molecule has 3 heteroatoms. The Kier molecular flexibility index (Phi) is 2.68. The number of anilines is 1. The van der Waals surface area contributed by atoms with Crippen molar-refractivity contribution in [1.82, 2.24) is 0 Å². The molecule has 0 atom stereocenters. The van der Waals surface area contributed by atoms with Gasteiger partial charge in [-0.15, -0.1) is 0 Å². The van der Waals surface area contributed by atoms with Crippen molar-refractivity contribution in [3.63, 3.8) is 0 Å². The molecule has 1 aromatic rings. The first kappa shape index (κ1) is 9.46. The van der Waals surface area contributed by atoms with E-state index in [1.54, 1.807) is 18.2 Å². The number of halogens is 1. The Morgan fingerprint density at radius 1 is 1.43 bits per heavy atom. The third-order valence-corrected chi connectivity index (χ3v) is 2.64. The summed E-state index contributed by atoms with van der Waals surface area (Å²) in [5.74, 6) is -0.341. The molecule has 0 spiro atoms.